The average molecular weight is 305 g/mol. The number of methoxy groups -OCH3 is 1. The number of carbonyl (C=O) groups is 1. The smallest absolute Gasteiger partial charge is 0.261 e. The van der Waals surface area contributed by atoms with Gasteiger partial charge in [0, 0.05) is 11.4 Å². The molecule has 5 heteroatoms. The second-order valence-corrected chi connectivity index (χ2v) is 5.80. The van der Waals surface area contributed by atoms with Crippen LogP contribution in [-0.4, -0.2) is 19.6 Å². The average Bonchev–Trinajstić information content (AvgIpc) is 2.92. The number of rotatable bonds is 6. The number of carbonyl (C=O) groups excluding carboxylic acids is 1. The summed E-state index contributed by atoms with van der Waals surface area (Å²) in [7, 11) is 1.61. The minimum absolute atomic E-state index is 0.0547. The molecule has 0 fully saturated rings. The molecule has 0 aliphatic rings. The van der Waals surface area contributed by atoms with Gasteiger partial charge in [-0.1, -0.05) is 6.07 Å². The Morgan fingerprint density at radius 1 is 1.24 bits per heavy atom. The van der Waals surface area contributed by atoms with Crippen molar-refractivity contribution in [2.45, 2.75) is 20.4 Å². The second kappa shape index (κ2) is 7.13. The predicted octanol–water partition coefficient (Wildman–Crippen LogP) is 3.39. The lowest BCUT2D eigenvalue weighted by Gasteiger charge is -2.11. The number of nitrogens with one attached hydrogen (secondary N) is 1. The van der Waals surface area contributed by atoms with E-state index in [4.69, 9.17) is 9.47 Å². The molecule has 0 bridgehead atoms. The Kier molecular flexibility index (Phi) is 5.22. The van der Waals surface area contributed by atoms with Gasteiger partial charge in [-0.3, -0.25) is 4.79 Å². The molecular formula is C16H19NO3S. The van der Waals surface area contributed by atoms with Crippen molar-refractivity contribution < 1.29 is 14.3 Å². The summed E-state index contributed by atoms with van der Waals surface area (Å²) in [6, 6.07) is 9.45. The molecule has 4 nitrogen and oxygen atoms in total. The minimum Gasteiger partial charge on any atom is -0.493 e. The fourth-order valence-electron chi connectivity index (χ4n) is 1.92. The van der Waals surface area contributed by atoms with Crippen molar-refractivity contribution in [3.63, 3.8) is 0 Å². The summed E-state index contributed by atoms with van der Waals surface area (Å²) in [5.74, 6) is 1.33. The van der Waals surface area contributed by atoms with Crippen molar-refractivity contribution in [2.24, 2.45) is 0 Å². The number of thiophene rings is 1. The molecule has 1 amide bonds. The van der Waals surface area contributed by atoms with Gasteiger partial charge in [-0.15, -0.1) is 11.3 Å². The molecule has 0 spiro atoms. The van der Waals surface area contributed by atoms with E-state index in [1.54, 1.807) is 7.11 Å². The fourth-order valence-corrected chi connectivity index (χ4v) is 2.71. The predicted molar refractivity (Wildman–Crippen MR) is 84.4 cm³/mol. The summed E-state index contributed by atoms with van der Waals surface area (Å²) in [5, 5.41) is 2.91. The van der Waals surface area contributed by atoms with Crippen LogP contribution < -0.4 is 14.8 Å². The Hall–Kier alpha value is -2.01. The van der Waals surface area contributed by atoms with Gasteiger partial charge in [-0.05, 0) is 43.7 Å². The van der Waals surface area contributed by atoms with Crippen LogP contribution in [0.25, 0.3) is 0 Å². The topological polar surface area (TPSA) is 47.6 Å². The molecule has 1 N–H and O–H groups in total. The van der Waals surface area contributed by atoms with Crippen molar-refractivity contribution in [2.75, 3.05) is 13.7 Å². The van der Waals surface area contributed by atoms with Crippen LogP contribution in [-0.2, 0) is 6.54 Å². The number of ether oxygens (including phenoxy) is 2. The van der Waals surface area contributed by atoms with Crippen LogP contribution in [0.3, 0.4) is 0 Å². The van der Waals surface area contributed by atoms with Crippen molar-refractivity contribution in [3.8, 4) is 11.5 Å². The molecule has 0 aliphatic carbocycles. The number of hydrogen-bond acceptors (Lipinski definition) is 4. The molecule has 0 radical (unpaired) electrons. The van der Waals surface area contributed by atoms with E-state index in [2.05, 4.69) is 5.32 Å². The molecule has 2 aromatic rings. The quantitative estimate of drug-likeness (QED) is 0.890. The highest BCUT2D eigenvalue weighted by molar-refractivity contribution is 7.13. The molecule has 1 aromatic carbocycles. The molecule has 0 atom stereocenters. The van der Waals surface area contributed by atoms with Crippen molar-refractivity contribution in [3.05, 3.63) is 45.6 Å². The highest BCUT2D eigenvalue weighted by Crippen LogP contribution is 2.28. The zero-order valence-electron chi connectivity index (χ0n) is 12.4. The lowest BCUT2D eigenvalue weighted by molar-refractivity contribution is 0.0955. The Balaban J connectivity index is 2.01. The number of aryl methyl sites for hydroxylation is 1. The Morgan fingerprint density at radius 2 is 2.05 bits per heavy atom. The third-order valence-corrected chi connectivity index (χ3v) is 3.94. The minimum atomic E-state index is -0.0547. The van der Waals surface area contributed by atoms with Crippen LogP contribution in [0.1, 0.15) is 27.0 Å². The number of benzene rings is 1. The van der Waals surface area contributed by atoms with Gasteiger partial charge < -0.3 is 14.8 Å². The summed E-state index contributed by atoms with van der Waals surface area (Å²) >= 11 is 1.49. The third kappa shape index (κ3) is 3.98. The molecule has 0 aliphatic heterocycles. The van der Waals surface area contributed by atoms with Gasteiger partial charge in [0.2, 0.25) is 0 Å². The molecule has 1 aromatic heterocycles. The maximum Gasteiger partial charge on any atom is 0.261 e. The van der Waals surface area contributed by atoms with Crippen LogP contribution in [0.5, 0.6) is 11.5 Å². The van der Waals surface area contributed by atoms with E-state index < -0.39 is 0 Å². The summed E-state index contributed by atoms with van der Waals surface area (Å²) in [5.41, 5.74) is 0.969. The molecule has 0 unspecified atom stereocenters. The lowest BCUT2D eigenvalue weighted by Crippen LogP contribution is -2.21. The molecule has 0 saturated heterocycles. The van der Waals surface area contributed by atoms with Crippen LogP contribution in [0, 0.1) is 6.92 Å². The van der Waals surface area contributed by atoms with Crippen LogP contribution >= 0.6 is 11.3 Å². The van der Waals surface area contributed by atoms with E-state index in [0.29, 0.717) is 24.7 Å². The van der Waals surface area contributed by atoms with Crippen molar-refractivity contribution >= 4 is 17.2 Å². The first-order chi connectivity index (χ1) is 10.1. The van der Waals surface area contributed by atoms with E-state index >= 15 is 0 Å². The molecule has 2 rings (SSSR count). The Morgan fingerprint density at radius 3 is 2.67 bits per heavy atom. The first-order valence-electron chi connectivity index (χ1n) is 6.78. The van der Waals surface area contributed by atoms with Crippen LogP contribution in [0.4, 0.5) is 0 Å². The second-order valence-electron chi connectivity index (χ2n) is 4.51. The van der Waals surface area contributed by atoms with Gasteiger partial charge >= 0.3 is 0 Å². The first kappa shape index (κ1) is 15.4. The van der Waals surface area contributed by atoms with E-state index in [0.717, 1.165) is 15.3 Å². The highest BCUT2D eigenvalue weighted by Gasteiger charge is 2.09. The molecule has 21 heavy (non-hydrogen) atoms. The van der Waals surface area contributed by atoms with Crippen molar-refractivity contribution in [1.82, 2.24) is 5.32 Å². The largest absolute Gasteiger partial charge is 0.493 e. The maximum atomic E-state index is 12.0. The van der Waals surface area contributed by atoms with Crippen LogP contribution in [0.2, 0.25) is 0 Å². The maximum absolute atomic E-state index is 12.0. The van der Waals surface area contributed by atoms with Gasteiger partial charge in [0.15, 0.2) is 11.5 Å². The molecule has 1 heterocycles. The zero-order valence-corrected chi connectivity index (χ0v) is 13.3. The Labute approximate surface area is 128 Å². The van der Waals surface area contributed by atoms with Gasteiger partial charge in [0.1, 0.15) is 0 Å². The van der Waals surface area contributed by atoms with Gasteiger partial charge in [0.25, 0.3) is 5.91 Å². The highest BCUT2D eigenvalue weighted by atomic mass is 32.1. The standard InChI is InChI=1S/C16H19NO3S/c1-4-20-13-7-6-12(9-14(13)19-3)10-17-16(18)15-8-5-11(2)21-15/h5-9H,4,10H2,1-3H3,(H,17,18). The zero-order chi connectivity index (χ0) is 15.2. The lowest BCUT2D eigenvalue weighted by atomic mass is 10.2. The van der Waals surface area contributed by atoms with E-state index in [1.165, 1.54) is 11.3 Å². The SMILES string of the molecule is CCOc1ccc(CNC(=O)c2ccc(C)s2)cc1OC. The first-order valence-corrected chi connectivity index (χ1v) is 7.60. The Bertz CT molecular complexity index is 622. The van der Waals surface area contributed by atoms with E-state index in [1.807, 2.05) is 44.2 Å². The monoisotopic (exact) mass is 305 g/mol. The normalized spacial score (nSPS) is 10.2. The van der Waals surface area contributed by atoms with Crippen molar-refractivity contribution in [1.29, 1.82) is 0 Å². The van der Waals surface area contributed by atoms with E-state index in [-0.39, 0.29) is 5.91 Å². The molecule has 0 saturated carbocycles. The van der Waals surface area contributed by atoms with Gasteiger partial charge in [-0.25, -0.2) is 0 Å². The number of hydrogen-bond donors (Lipinski definition) is 1. The summed E-state index contributed by atoms with van der Waals surface area (Å²) in [4.78, 5) is 13.9. The van der Waals surface area contributed by atoms with Gasteiger partial charge in [-0.2, -0.15) is 0 Å². The molecule has 112 valence electrons. The molecular weight excluding hydrogens is 286 g/mol. The fraction of sp³-hybridized carbons (Fsp3) is 0.312. The van der Waals surface area contributed by atoms with Gasteiger partial charge in [0.05, 0.1) is 18.6 Å². The van der Waals surface area contributed by atoms with E-state index in [9.17, 15) is 4.79 Å². The summed E-state index contributed by atoms with van der Waals surface area (Å²) < 4.78 is 10.8. The summed E-state index contributed by atoms with van der Waals surface area (Å²) in [6.45, 7) is 4.96. The third-order valence-electron chi connectivity index (χ3n) is 2.95. The van der Waals surface area contributed by atoms with Crippen LogP contribution in [0.15, 0.2) is 30.3 Å². The summed E-state index contributed by atoms with van der Waals surface area (Å²) in [6.07, 6.45) is 0. The number of amides is 1.